The molecule has 0 radical (unpaired) electrons. The molecule has 0 aromatic carbocycles. The maximum Gasteiger partial charge on any atom is 0.330 e. The zero-order valence-corrected chi connectivity index (χ0v) is 12.8. The molecular formula is C14H26N4O2. The van der Waals surface area contributed by atoms with Crippen LogP contribution in [0.5, 0.6) is 0 Å². The number of aromatic amines is 1. The molecule has 1 aromatic heterocycles. The average Bonchev–Trinajstić information content (AvgIpc) is 2.37. The van der Waals surface area contributed by atoms with Gasteiger partial charge in [-0.1, -0.05) is 34.1 Å². The third-order valence-electron chi connectivity index (χ3n) is 3.71. The summed E-state index contributed by atoms with van der Waals surface area (Å²) in [6, 6.07) is 0. The van der Waals surface area contributed by atoms with E-state index in [1.165, 1.54) is 4.57 Å². The van der Waals surface area contributed by atoms with Gasteiger partial charge in [0.05, 0.1) is 0 Å². The SMILES string of the molecule is CCCCn1c(N)c(NCC(C)C(C)C)c(=O)[nH]c1=O. The number of rotatable bonds is 7. The number of hydrogen-bond acceptors (Lipinski definition) is 4. The van der Waals surface area contributed by atoms with Crippen molar-refractivity contribution in [3.05, 3.63) is 20.8 Å². The summed E-state index contributed by atoms with van der Waals surface area (Å²) in [7, 11) is 0. The lowest BCUT2D eigenvalue weighted by molar-refractivity contribution is 0.439. The van der Waals surface area contributed by atoms with Gasteiger partial charge in [0.25, 0.3) is 5.56 Å². The number of anilines is 2. The Labute approximate surface area is 119 Å². The first-order valence-corrected chi connectivity index (χ1v) is 7.24. The summed E-state index contributed by atoms with van der Waals surface area (Å²) in [6.07, 6.45) is 1.80. The fraction of sp³-hybridized carbons (Fsp3) is 0.714. The molecule has 0 spiro atoms. The fourth-order valence-electron chi connectivity index (χ4n) is 1.80. The number of nitrogens with two attached hydrogens (primary N) is 1. The lowest BCUT2D eigenvalue weighted by Crippen LogP contribution is -2.35. The van der Waals surface area contributed by atoms with E-state index in [0.29, 0.717) is 30.6 Å². The third-order valence-corrected chi connectivity index (χ3v) is 3.71. The van der Waals surface area contributed by atoms with Crippen LogP contribution in [-0.4, -0.2) is 16.1 Å². The quantitative estimate of drug-likeness (QED) is 0.708. The van der Waals surface area contributed by atoms with Crippen LogP contribution >= 0.6 is 0 Å². The summed E-state index contributed by atoms with van der Waals surface area (Å²) >= 11 is 0. The van der Waals surface area contributed by atoms with Gasteiger partial charge < -0.3 is 11.1 Å². The highest BCUT2D eigenvalue weighted by molar-refractivity contribution is 5.60. The number of nitrogen functional groups attached to an aromatic ring is 1. The Morgan fingerprint density at radius 3 is 2.50 bits per heavy atom. The van der Waals surface area contributed by atoms with E-state index in [2.05, 4.69) is 31.1 Å². The molecule has 1 rings (SSSR count). The minimum atomic E-state index is -0.448. The molecule has 20 heavy (non-hydrogen) atoms. The van der Waals surface area contributed by atoms with E-state index in [4.69, 9.17) is 5.73 Å². The topological polar surface area (TPSA) is 92.9 Å². The van der Waals surface area contributed by atoms with Crippen molar-refractivity contribution in [3.63, 3.8) is 0 Å². The lowest BCUT2D eigenvalue weighted by Gasteiger charge is -2.18. The molecule has 1 aromatic rings. The first-order chi connectivity index (χ1) is 9.38. The molecule has 0 fully saturated rings. The molecule has 0 saturated carbocycles. The highest BCUT2D eigenvalue weighted by Crippen LogP contribution is 2.14. The van der Waals surface area contributed by atoms with Gasteiger partial charge in [0.2, 0.25) is 0 Å². The van der Waals surface area contributed by atoms with E-state index in [9.17, 15) is 9.59 Å². The summed E-state index contributed by atoms with van der Waals surface area (Å²) in [4.78, 5) is 25.9. The van der Waals surface area contributed by atoms with Gasteiger partial charge in [0.1, 0.15) is 11.5 Å². The van der Waals surface area contributed by atoms with E-state index in [-0.39, 0.29) is 5.82 Å². The first kappa shape index (κ1) is 16.3. The Bertz CT molecular complexity index is 545. The largest absolute Gasteiger partial charge is 0.383 e. The molecule has 0 saturated heterocycles. The van der Waals surface area contributed by atoms with Crippen LogP contribution in [-0.2, 0) is 6.54 Å². The van der Waals surface area contributed by atoms with Crippen molar-refractivity contribution in [3.8, 4) is 0 Å². The van der Waals surface area contributed by atoms with E-state index in [1.807, 2.05) is 6.92 Å². The zero-order valence-electron chi connectivity index (χ0n) is 12.8. The van der Waals surface area contributed by atoms with Crippen LogP contribution in [0.4, 0.5) is 11.5 Å². The van der Waals surface area contributed by atoms with Crippen LogP contribution < -0.4 is 22.3 Å². The van der Waals surface area contributed by atoms with Crippen LogP contribution in [0.1, 0.15) is 40.5 Å². The van der Waals surface area contributed by atoms with Crippen LogP contribution in [0.25, 0.3) is 0 Å². The molecule has 0 aliphatic heterocycles. The van der Waals surface area contributed by atoms with Gasteiger partial charge in [-0.25, -0.2) is 4.79 Å². The van der Waals surface area contributed by atoms with Crippen molar-refractivity contribution >= 4 is 11.5 Å². The molecule has 0 aliphatic rings. The predicted octanol–water partition coefficient (Wildman–Crippen LogP) is 1.62. The predicted molar refractivity (Wildman–Crippen MR) is 83.1 cm³/mol. The molecule has 6 nitrogen and oxygen atoms in total. The molecule has 6 heteroatoms. The standard InChI is InChI=1S/C14H26N4O2/c1-5-6-7-18-12(15)11(13(19)17-14(18)20)16-8-10(4)9(2)3/h9-10,16H,5-8,15H2,1-4H3,(H,17,19,20). The zero-order chi connectivity index (χ0) is 15.3. The minimum absolute atomic E-state index is 0.225. The molecule has 0 aliphatic carbocycles. The molecule has 1 unspecified atom stereocenters. The number of nitrogens with zero attached hydrogens (tertiary/aromatic N) is 1. The number of H-pyrrole nitrogens is 1. The number of hydrogen-bond donors (Lipinski definition) is 3. The Balaban J connectivity index is 3.01. The lowest BCUT2D eigenvalue weighted by atomic mass is 9.98. The second-order valence-electron chi connectivity index (χ2n) is 5.63. The fourth-order valence-corrected chi connectivity index (χ4v) is 1.80. The van der Waals surface area contributed by atoms with Gasteiger partial charge in [0.15, 0.2) is 0 Å². The van der Waals surface area contributed by atoms with Crippen LogP contribution in [0.15, 0.2) is 9.59 Å². The Kier molecular flexibility index (Phi) is 5.85. The Morgan fingerprint density at radius 2 is 1.95 bits per heavy atom. The van der Waals surface area contributed by atoms with Crippen molar-refractivity contribution < 1.29 is 0 Å². The van der Waals surface area contributed by atoms with Crippen LogP contribution in [0.2, 0.25) is 0 Å². The average molecular weight is 282 g/mol. The molecule has 4 N–H and O–H groups in total. The highest BCUT2D eigenvalue weighted by atomic mass is 16.2. The number of unbranched alkanes of at least 4 members (excludes halogenated alkanes) is 1. The molecule has 0 amide bonds. The first-order valence-electron chi connectivity index (χ1n) is 7.24. The summed E-state index contributed by atoms with van der Waals surface area (Å²) < 4.78 is 1.42. The summed E-state index contributed by atoms with van der Waals surface area (Å²) in [5.74, 6) is 1.14. The Morgan fingerprint density at radius 1 is 1.30 bits per heavy atom. The van der Waals surface area contributed by atoms with Crippen LogP contribution in [0, 0.1) is 11.8 Å². The second kappa shape index (κ2) is 7.17. The van der Waals surface area contributed by atoms with E-state index >= 15 is 0 Å². The van der Waals surface area contributed by atoms with Crippen molar-refractivity contribution in [1.82, 2.24) is 9.55 Å². The van der Waals surface area contributed by atoms with Crippen molar-refractivity contribution in [2.24, 2.45) is 11.8 Å². The smallest absolute Gasteiger partial charge is 0.330 e. The van der Waals surface area contributed by atoms with Gasteiger partial charge in [-0.15, -0.1) is 0 Å². The third kappa shape index (κ3) is 3.88. The highest BCUT2D eigenvalue weighted by Gasteiger charge is 2.13. The normalized spacial score (nSPS) is 12.7. The van der Waals surface area contributed by atoms with Gasteiger partial charge >= 0.3 is 5.69 Å². The summed E-state index contributed by atoms with van der Waals surface area (Å²) in [5, 5.41) is 3.08. The number of aromatic nitrogens is 2. The van der Waals surface area contributed by atoms with E-state index in [0.717, 1.165) is 12.8 Å². The van der Waals surface area contributed by atoms with Crippen LogP contribution in [0.3, 0.4) is 0 Å². The van der Waals surface area contributed by atoms with E-state index < -0.39 is 11.2 Å². The molecule has 1 atom stereocenters. The molecule has 114 valence electrons. The van der Waals surface area contributed by atoms with E-state index in [1.54, 1.807) is 0 Å². The minimum Gasteiger partial charge on any atom is -0.383 e. The van der Waals surface area contributed by atoms with Crippen molar-refractivity contribution in [2.75, 3.05) is 17.6 Å². The van der Waals surface area contributed by atoms with Gasteiger partial charge in [0, 0.05) is 13.1 Å². The van der Waals surface area contributed by atoms with Crippen molar-refractivity contribution in [2.45, 2.75) is 47.1 Å². The summed E-state index contributed by atoms with van der Waals surface area (Å²) in [5.41, 5.74) is 5.38. The van der Waals surface area contributed by atoms with Crippen molar-refractivity contribution in [1.29, 1.82) is 0 Å². The van der Waals surface area contributed by atoms with Gasteiger partial charge in [-0.05, 0) is 18.3 Å². The maximum absolute atomic E-state index is 11.9. The van der Waals surface area contributed by atoms with Gasteiger partial charge in [-0.2, -0.15) is 0 Å². The molecule has 0 bridgehead atoms. The Hall–Kier alpha value is -1.72. The molecule has 1 heterocycles. The summed E-state index contributed by atoms with van der Waals surface area (Å²) in [6.45, 7) is 9.57. The monoisotopic (exact) mass is 282 g/mol. The molecular weight excluding hydrogens is 256 g/mol. The van der Waals surface area contributed by atoms with Gasteiger partial charge in [-0.3, -0.25) is 14.3 Å². The maximum atomic E-state index is 11.9. The number of nitrogens with one attached hydrogen (secondary N) is 2. The second-order valence-corrected chi connectivity index (χ2v) is 5.63.